The molecule has 3 rings (SSSR count). The normalized spacial score (nSPS) is 17.2. The lowest BCUT2D eigenvalue weighted by molar-refractivity contribution is 0.291. The molecule has 2 aromatic carbocycles. The lowest BCUT2D eigenvalue weighted by Crippen LogP contribution is -2.18. The molecule has 1 aliphatic rings. The maximum Gasteiger partial charge on any atom is 0.124 e. The molecule has 0 radical (unpaired) electrons. The molecule has 0 N–H and O–H groups in total. The topological polar surface area (TPSA) is 9.23 Å². The molecule has 0 saturated heterocycles. The third-order valence-corrected chi connectivity index (χ3v) is 5.27. The van der Waals surface area contributed by atoms with Gasteiger partial charge in [0.25, 0.3) is 0 Å². The van der Waals surface area contributed by atoms with Gasteiger partial charge in [-0.05, 0) is 58.0 Å². The van der Waals surface area contributed by atoms with Gasteiger partial charge in [-0.15, -0.1) is 11.6 Å². The SMILES string of the molecule is CC1(C)COc2ccc(C(Cl)c3ccc(F)cc3I)cc21. The molecule has 1 aliphatic heterocycles. The van der Waals surface area contributed by atoms with Gasteiger partial charge in [0.2, 0.25) is 0 Å². The fourth-order valence-electron chi connectivity index (χ4n) is 2.58. The van der Waals surface area contributed by atoms with Gasteiger partial charge >= 0.3 is 0 Å². The third kappa shape index (κ3) is 2.78. The van der Waals surface area contributed by atoms with E-state index >= 15 is 0 Å². The van der Waals surface area contributed by atoms with Gasteiger partial charge in [-0.25, -0.2) is 4.39 Å². The molecule has 0 aliphatic carbocycles. The van der Waals surface area contributed by atoms with Gasteiger partial charge in [-0.2, -0.15) is 0 Å². The van der Waals surface area contributed by atoms with Crippen LogP contribution in [0.4, 0.5) is 4.39 Å². The number of halogens is 3. The van der Waals surface area contributed by atoms with Gasteiger partial charge in [-0.1, -0.05) is 26.0 Å². The predicted octanol–water partition coefficient (Wildman–Crippen LogP) is 5.43. The van der Waals surface area contributed by atoms with Crippen molar-refractivity contribution < 1.29 is 9.13 Å². The zero-order valence-electron chi connectivity index (χ0n) is 11.8. The highest BCUT2D eigenvalue weighted by atomic mass is 127. The highest BCUT2D eigenvalue weighted by molar-refractivity contribution is 14.1. The van der Waals surface area contributed by atoms with Crippen LogP contribution in [0, 0.1) is 9.39 Å². The van der Waals surface area contributed by atoms with Crippen LogP contribution < -0.4 is 4.74 Å². The molecular formula is C17H15ClFIO. The van der Waals surface area contributed by atoms with Crippen LogP contribution in [0.5, 0.6) is 5.75 Å². The minimum absolute atomic E-state index is 0.00208. The summed E-state index contributed by atoms with van der Waals surface area (Å²) in [6, 6.07) is 10.8. The van der Waals surface area contributed by atoms with Crippen LogP contribution in [0.1, 0.15) is 35.9 Å². The zero-order chi connectivity index (χ0) is 15.2. The highest BCUT2D eigenvalue weighted by Gasteiger charge is 2.32. The van der Waals surface area contributed by atoms with Gasteiger partial charge in [0.05, 0.1) is 12.0 Å². The fraction of sp³-hybridized carbons (Fsp3) is 0.294. The summed E-state index contributed by atoms with van der Waals surface area (Å²) in [6.45, 7) is 5.01. The van der Waals surface area contributed by atoms with Crippen LogP contribution in [0.3, 0.4) is 0 Å². The standard InChI is InChI=1S/C17H15ClFIO/c1-17(2)9-21-15-6-3-10(7-13(15)17)16(18)12-5-4-11(19)8-14(12)20/h3-8,16H,9H2,1-2H3. The van der Waals surface area contributed by atoms with Crippen LogP contribution in [0.15, 0.2) is 36.4 Å². The van der Waals surface area contributed by atoms with Crippen LogP contribution >= 0.6 is 34.2 Å². The Labute approximate surface area is 142 Å². The predicted molar refractivity (Wildman–Crippen MR) is 91.8 cm³/mol. The van der Waals surface area contributed by atoms with E-state index in [0.29, 0.717) is 6.61 Å². The smallest absolute Gasteiger partial charge is 0.124 e. The minimum atomic E-state index is -0.292. The van der Waals surface area contributed by atoms with E-state index in [-0.39, 0.29) is 16.6 Å². The first kappa shape index (κ1) is 15.1. The third-order valence-electron chi connectivity index (χ3n) is 3.85. The largest absolute Gasteiger partial charge is 0.492 e. The number of benzene rings is 2. The first-order chi connectivity index (χ1) is 9.88. The van der Waals surface area contributed by atoms with Crippen molar-refractivity contribution in [2.75, 3.05) is 6.61 Å². The van der Waals surface area contributed by atoms with Gasteiger partial charge in [0.15, 0.2) is 0 Å². The lowest BCUT2D eigenvalue weighted by atomic mass is 9.85. The first-order valence-corrected chi connectivity index (χ1v) is 8.26. The number of hydrogen-bond donors (Lipinski definition) is 0. The molecule has 21 heavy (non-hydrogen) atoms. The number of ether oxygens (including phenoxy) is 1. The Kier molecular flexibility index (Phi) is 3.91. The molecule has 1 unspecified atom stereocenters. The Morgan fingerprint density at radius 1 is 1.24 bits per heavy atom. The Morgan fingerprint density at radius 3 is 2.71 bits per heavy atom. The monoisotopic (exact) mass is 416 g/mol. The summed E-state index contributed by atoms with van der Waals surface area (Å²) in [5, 5.41) is -0.292. The van der Waals surface area contributed by atoms with E-state index in [1.54, 1.807) is 6.07 Å². The van der Waals surface area contributed by atoms with Gasteiger partial charge in [0, 0.05) is 14.5 Å². The first-order valence-electron chi connectivity index (χ1n) is 6.75. The molecule has 2 aromatic rings. The zero-order valence-corrected chi connectivity index (χ0v) is 14.7. The minimum Gasteiger partial charge on any atom is -0.492 e. The highest BCUT2D eigenvalue weighted by Crippen LogP contribution is 2.41. The van der Waals surface area contributed by atoms with E-state index in [4.69, 9.17) is 16.3 Å². The Bertz CT molecular complexity index is 699. The molecule has 0 saturated carbocycles. The summed E-state index contributed by atoms with van der Waals surface area (Å²) in [6.07, 6.45) is 0. The van der Waals surface area contributed by atoms with Crippen molar-refractivity contribution in [1.29, 1.82) is 0 Å². The Balaban J connectivity index is 2.01. The van der Waals surface area contributed by atoms with Gasteiger partial charge in [-0.3, -0.25) is 0 Å². The summed E-state index contributed by atoms with van der Waals surface area (Å²) < 4.78 is 19.8. The molecule has 0 bridgehead atoms. The quantitative estimate of drug-likeness (QED) is 0.469. The van der Waals surface area contributed by atoms with E-state index in [1.165, 1.54) is 17.7 Å². The number of alkyl halides is 1. The maximum atomic E-state index is 13.2. The van der Waals surface area contributed by atoms with Crippen LogP contribution in [0.2, 0.25) is 0 Å². The van der Waals surface area contributed by atoms with E-state index in [9.17, 15) is 4.39 Å². The molecule has 1 heterocycles. The van der Waals surface area contributed by atoms with Crippen molar-refractivity contribution in [3.63, 3.8) is 0 Å². The van der Waals surface area contributed by atoms with Crippen molar-refractivity contribution >= 4 is 34.2 Å². The summed E-state index contributed by atoms with van der Waals surface area (Å²) in [5.74, 6) is 0.692. The number of hydrogen-bond acceptors (Lipinski definition) is 1. The molecule has 0 spiro atoms. The van der Waals surface area contributed by atoms with Crippen molar-refractivity contribution in [3.8, 4) is 5.75 Å². The molecule has 0 amide bonds. The second-order valence-electron chi connectivity index (χ2n) is 5.96. The second-order valence-corrected chi connectivity index (χ2v) is 7.56. The summed E-state index contributed by atoms with van der Waals surface area (Å²) in [7, 11) is 0. The van der Waals surface area contributed by atoms with E-state index < -0.39 is 0 Å². The van der Waals surface area contributed by atoms with Gasteiger partial charge < -0.3 is 4.74 Å². The molecule has 110 valence electrons. The van der Waals surface area contributed by atoms with Gasteiger partial charge in [0.1, 0.15) is 11.6 Å². The average molecular weight is 417 g/mol. The summed E-state index contributed by atoms with van der Waals surface area (Å²) in [4.78, 5) is 0. The molecule has 0 aromatic heterocycles. The fourth-order valence-corrected chi connectivity index (χ4v) is 3.88. The molecule has 1 nitrogen and oxygen atoms in total. The maximum absolute atomic E-state index is 13.2. The van der Waals surface area contributed by atoms with Crippen molar-refractivity contribution in [1.82, 2.24) is 0 Å². The van der Waals surface area contributed by atoms with E-state index in [1.807, 2.05) is 12.1 Å². The number of fused-ring (bicyclic) bond motifs is 1. The van der Waals surface area contributed by atoms with E-state index in [0.717, 1.165) is 20.4 Å². The molecular weight excluding hydrogens is 402 g/mol. The average Bonchev–Trinajstić information content (AvgIpc) is 2.74. The van der Waals surface area contributed by atoms with Crippen LogP contribution in [-0.2, 0) is 5.41 Å². The van der Waals surface area contributed by atoms with E-state index in [2.05, 4.69) is 42.5 Å². The Morgan fingerprint density at radius 2 is 2.00 bits per heavy atom. The molecule has 1 atom stereocenters. The van der Waals surface area contributed by atoms with Crippen LogP contribution in [0.25, 0.3) is 0 Å². The van der Waals surface area contributed by atoms with Crippen LogP contribution in [-0.4, -0.2) is 6.61 Å². The van der Waals surface area contributed by atoms with Crippen molar-refractivity contribution in [3.05, 3.63) is 62.5 Å². The second kappa shape index (κ2) is 5.43. The summed E-state index contributed by atoms with van der Waals surface area (Å²) in [5.41, 5.74) is 3.12. The van der Waals surface area contributed by atoms with Crippen molar-refractivity contribution in [2.45, 2.75) is 24.6 Å². The lowest BCUT2D eigenvalue weighted by Gasteiger charge is -2.18. The Hall–Kier alpha value is -0.810. The molecule has 4 heteroatoms. The molecule has 0 fully saturated rings. The number of rotatable bonds is 2. The summed E-state index contributed by atoms with van der Waals surface area (Å²) >= 11 is 8.74. The van der Waals surface area contributed by atoms with Crippen molar-refractivity contribution in [2.24, 2.45) is 0 Å².